The molecule has 200 valence electrons. The van der Waals surface area contributed by atoms with Crippen LogP contribution < -0.4 is 5.06 Å². The van der Waals surface area contributed by atoms with Crippen LogP contribution in [0, 0.1) is 30.3 Å². The molecule has 0 radical (unpaired) electrons. The van der Waals surface area contributed by atoms with E-state index >= 15 is 0 Å². The Morgan fingerprint density at radius 3 is 1.45 bits per heavy atom. The van der Waals surface area contributed by atoms with Crippen molar-refractivity contribution in [1.82, 2.24) is 0 Å². The lowest BCUT2D eigenvalue weighted by Gasteiger charge is -2.28. The van der Waals surface area contributed by atoms with Crippen molar-refractivity contribution in [3.05, 3.63) is 150 Å². The molecular formula is C28H20N4O8. The Morgan fingerprint density at radius 2 is 1.02 bits per heavy atom. The van der Waals surface area contributed by atoms with Crippen LogP contribution >= 0.6 is 0 Å². The van der Waals surface area contributed by atoms with Crippen molar-refractivity contribution < 1.29 is 24.4 Å². The minimum Gasteiger partial charge on any atom is -0.298 e. The van der Waals surface area contributed by atoms with E-state index in [2.05, 4.69) is 0 Å². The predicted molar refractivity (Wildman–Crippen MR) is 143 cm³/mol. The van der Waals surface area contributed by atoms with Gasteiger partial charge in [-0.3, -0.25) is 40.0 Å². The van der Waals surface area contributed by atoms with Crippen LogP contribution in [-0.2, 0) is 4.84 Å². The maximum atomic E-state index is 11.3. The number of hydrogen-bond donors (Lipinski definition) is 0. The molecule has 1 aliphatic rings. The maximum Gasteiger partial charge on any atom is 0.269 e. The van der Waals surface area contributed by atoms with E-state index in [1.54, 1.807) is 65.7 Å². The van der Waals surface area contributed by atoms with Gasteiger partial charge in [0.15, 0.2) is 0 Å². The van der Waals surface area contributed by atoms with Gasteiger partial charge in [-0.05, 0) is 53.1 Å². The average molecular weight is 540 g/mol. The smallest absolute Gasteiger partial charge is 0.269 e. The number of hydrogen-bond acceptors (Lipinski definition) is 9. The van der Waals surface area contributed by atoms with Crippen LogP contribution in [0.3, 0.4) is 0 Å². The standard InChI is InChI=1S/C28H20N4O8/c33-17-18-1-9-22(10-2-18)29-27(20-5-13-24(14-6-20)31(36)37)26(19-3-11-23(12-4-19)30(34)35)28(40-29)21-7-15-25(16-8-21)32(38)39/h1-17,26-28H. The number of aldehydes is 1. The Balaban J connectivity index is 1.68. The van der Waals surface area contributed by atoms with Crippen molar-refractivity contribution >= 4 is 29.0 Å². The number of nitro groups is 3. The first kappa shape index (κ1) is 26.1. The third-order valence-electron chi connectivity index (χ3n) is 6.80. The molecule has 0 aromatic heterocycles. The Kier molecular flexibility index (Phi) is 7.00. The molecule has 0 amide bonds. The lowest BCUT2D eigenvalue weighted by atomic mass is 9.81. The summed E-state index contributed by atoms with van der Waals surface area (Å²) in [5.41, 5.74) is 2.72. The number of non-ortho nitro benzene ring substituents is 3. The highest BCUT2D eigenvalue weighted by Gasteiger charge is 2.46. The van der Waals surface area contributed by atoms with E-state index in [1.165, 1.54) is 36.4 Å². The first-order valence-electron chi connectivity index (χ1n) is 12.0. The third kappa shape index (κ3) is 4.98. The van der Waals surface area contributed by atoms with Gasteiger partial charge in [-0.1, -0.05) is 24.3 Å². The van der Waals surface area contributed by atoms with Gasteiger partial charge in [0.25, 0.3) is 17.1 Å². The molecular weight excluding hydrogens is 520 g/mol. The minimum atomic E-state index is -0.701. The zero-order valence-corrected chi connectivity index (χ0v) is 20.6. The van der Waals surface area contributed by atoms with Gasteiger partial charge in [0.05, 0.1) is 26.5 Å². The Morgan fingerprint density at radius 1 is 0.600 bits per heavy atom. The van der Waals surface area contributed by atoms with E-state index < -0.39 is 32.8 Å². The second kappa shape index (κ2) is 10.7. The van der Waals surface area contributed by atoms with Crippen LogP contribution in [-0.4, -0.2) is 21.1 Å². The molecule has 3 unspecified atom stereocenters. The van der Waals surface area contributed by atoms with Crippen molar-refractivity contribution in [3.8, 4) is 0 Å². The summed E-state index contributed by atoms with van der Waals surface area (Å²) < 4.78 is 0. The fourth-order valence-corrected chi connectivity index (χ4v) is 4.85. The highest BCUT2D eigenvalue weighted by Crippen LogP contribution is 2.54. The van der Waals surface area contributed by atoms with E-state index in [0.717, 1.165) is 0 Å². The average Bonchev–Trinajstić information content (AvgIpc) is 3.38. The van der Waals surface area contributed by atoms with Gasteiger partial charge in [0, 0.05) is 47.9 Å². The van der Waals surface area contributed by atoms with Crippen LogP contribution in [0.5, 0.6) is 0 Å². The normalized spacial score (nSPS) is 18.3. The van der Waals surface area contributed by atoms with E-state index in [1.807, 2.05) is 0 Å². The summed E-state index contributed by atoms with van der Waals surface area (Å²) in [7, 11) is 0. The highest BCUT2D eigenvalue weighted by molar-refractivity contribution is 5.75. The fraction of sp³-hybridized carbons (Fsp3) is 0.107. The molecule has 5 rings (SSSR count). The number of anilines is 1. The van der Waals surface area contributed by atoms with Gasteiger partial charge in [-0.15, -0.1) is 0 Å². The zero-order valence-electron chi connectivity index (χ0n) is 20.6. The summed E-state index contributed by atoms with van der Waals surface area (Å²) in [5, 5.41) is 35.5. The number of benzene rings is 4. The summed E-state index contributed by atoms with van der Waals surface area (Å²) in [4.78, 5) is 50.1. The molecule has 40 heavy (non-hydrogen) atoms. The van der Waals surface area contributed by atoms with Crippen LogP contribution in [0.15, 0.2) is 97.1 Å². The zero-order chi connectivity index (χ0) is 28.4. The van der Waals surface area contributed by atoms with E-state index in [-0.39, 0.29) is 17.1 Å². The number of rotatable bonds is 8. The third-order valence-corrected chi connectivity index (χ3v) is 6.80. The fourth-order valence-electron chi connectivity index (χ4n) is 4.85. The van der Waals surface area contributed by atoms with Crippen molar-refractivity contribution in [2.75, 3.05) is 5.06 Å². The van der Waals surface area contributed by atoms with Gasteiger partial charge in [-0.25, -0.2) is 5.06 Å². The van der Waals surface area contributed by atoms with E-state index in [4.69, 9.17) is 4.84 Å². The molecule has 0 aliphatic carbocycles. The molecule has 1 fully saturated rings. The molecule has 0 N–H and O–H groups in total. The van der Waals surface area contributed by atoms with Gasteiger partial charge in [-0.2, -0.15) is 0 Å². The molecule has 0 spiro atoms. The summed E-state index contributed by atoms with van der Waals surface area (Å²) in [6.07, 6.45) is 0.00936. The van der Waals surface area contributed by atoms with Crippen LogP contribution in [0.1, 0.15) is 45.1 Å². The lowest BCUT2D eigenvalue weighted by molar-refractivity contribution is -0.385. The predicted octanol–water partition coefficient (Wildman–Crippen LogP) is 6.24. The SMILES string of the molecule is O=Cc1ccc(N2OC(c3ccc([N+](=O)[O-])cc3)C(c3ccc([N+](=O)[O-])cc3)C2c2ccc([N+](=O)[O-])cc2)cc1. The number of carbonyl (C=O) groups is 1. The van der Waals surface area contributed by atoms with Crippen molar-refractivity contribution in [2.45, 2.75) is 18.1 Å². The second-order valence-electron chi connectivity index (χ2n) is 9.08. The molecule has 12 heteroatoms. The number of nitrogens with zero attached hydrogens (tertiary/aromatic N) is 4. The topological polar surface area (TPSA) is 159 Å². The van der Waals surface area contributed by atoms with Gasteiger partial charge >= 0.3 is 0 Å². The van der Waals surface area contributed by atoms with Crippen molar-refractivity contribution in [2.24, 2.45) is 0 Å². The van der Waals surface area contributed by atoms with E-state index in [0.29, 0.717) is 34.2 Å². The first-order chi connectivity index (χ1) is 19.3. The molecule has 12 nitrogen and oxygen atoms in total. The monoisotopic (exact) mass is 540 g/mol. The lowest BCUT2D eigenvalue weighted by Crippen LogP contribution is -2.23. The van der Waals surface area contributed by atoms with Crippen molar-refractivity contribution in [3.63, 3.8) is 0 Å². The number of carbonyl (C=O) groups excluding carboxylic acids is 1. The number of hydroxylamine groups is 1. The summed E-state index contributed by atoms with van der Waals surface area (Å²) in [6.45, 7) is 0. The molecule has 4 aromatic rings. The van der Waals surface area contributed by atoms with Gasteiger partial charge in [0.2, 0.25) is 0 Å². The molecule has 3 atom stereocenters. The first-order valence-corrected chi connectivity index (χ1v) is 12.0. The maximum absolute atomic E-state index is 11.3. The Hall–Kier alpha value is -5.49. The Bertz CT molecular complexity index is 1570. The molecule has 1 aliphatic heterocycles. The minimum absolute atomic E-state index is 0.0941. The summed E-state index contributed by atoms with van der Waals surface area (Å²) in [5.74, 6) is -0.505. The van der Waals surface area contributed by atoms with Gasteiger partial charge in [0.1, 0.15) is 12.4 Å². The number of nitro benzene ring substituents is 3. The summed E-state index contributed by atoms with van der Waals surface area (Å²) >= 11 is 0. The molecule has 1 saturated heterocycles. The van der Waals surface area contributed by atoms with Crippen LogP contribution in [0.2, 0.25) is 0 Å². The quantitative estimate of drug-likeness (QED) is 0.143. The second-order valence-corrected chi connectivity index (χ2v) is 9.08. The van der Waals surface area contributed by atoms with Gasteiger partial charge < -0.3 is 0 Å². The summed E-state index contributed by atoms with van der Waals surface area (Å²) in [6, 6.07) is 24.0. The Labute approximate surface area is 226 Å². The van der Waals surface area contributed by atoms with E-state index in [9.17, 15) is 35.1 Å². The van der Waals surface area contributed by atoms with Crippen LogP contribution in [0.4, 0.5) is 22.7 Å². The molecule has 0 saturated carbocycles. The molecule has 4 aromatic carbocycles. The largest absolute Gasteiger partial charge is 0.298 e. The van der Waals surface area contributed by atoms with Crippen molar-refractivity contribution in [1.29, 1.82) is 0 Å². The van der Waals surface area contributed by atoms with Crippen LogP contribution in [0.25, 0.3) is 0 Å². The highest BCUT2D eigenvalue weighted by atomic mass is 16.7. The molecule has 0 bridgehead atoms. The molecule has 1 heterocycles.